The number of nitriles is 1. The Kier molecular flexibility index (Phi) is 4.67. The van der Waals surface area contributed by atoms with E-state index in [1.165, 1.54) is 0 Å². The first-order chi connectivity index (χ1) is 12.1. The van der Waals surface area contributed by atoms with Crippen LogP contribution in [0.4, 0.5) is 0 Å². The number of benzene rings is 1. The van der Waals surface area contributed by atoms with E-state index in [1.807, 2.05) is 48.5 Å². The van der Waals surface area contributed by atoms with Crippen molar-refractivity contribution in [2.24, 2.45) is 0 Å². The standard InChI is InChI=1S/C21H19N3O/c1-15-12-17(13-18(14-22)21-6-4-5-11-23-21)16(2)24(15)19-7-9-20(25-3)10-8-19/h4-13H,1-3H3. The van der Waals surface area contributed by atoms with Crippen LogP contribution in [0.5, 0.6) is 5.75 Å². The Morgan fingerprint density at radius 1 is 1.16 bits per heavy atom. The smallest absolute Gasteiger partial charge is 0.119 e. The van der Waals surface area contributed by atoms with Gasteiger partial charge in [0.25, 0.3) is 0 Å². The van der Waals surface area contributed by atoms with Crippen LogP contribution in [0.15, 0.2) is 54.7 Å². The number of aromatic nitrogens is 2. The van der Waals surface area contributed by atoms with Crippen molar-refractivity contribution in [3.63, 3.8) is 0 Å². The Labute approximate surface area is 147 Å². The van der Waals surface area contributed by atoms with Crippen molar-refractivity contribution in [2.45, 2.75) is 13.8 Å². The zero-order valence-corrected chi connectivity index (χ0v) is 14.5. The second-order valence-electron chi connectivity index (χ2n) is 5.74. The van der Waals surface area contributed by atoms with Crippen LogP contribution >= 0.6 is 0 Å². The monoisotopic (exact) mass is 329 g/mol. The molecule has 3 aromatic rings. The molecule has 0 aliphatic carbocycles. The summed E-state index contributed by atoms with van der Waals surface area (Å²) in [7, 11) is 1.66. The summed E-state index contributed by atoms with van der Waals surface area (Å²) in [6.45, 7) is 4.11. The zero-order chi connectivity index (χ0) is 17.8. The molecule has 1 aromatic carbocycles. The van der Waals surface area contributed by atoms with E-state index in [0.717, 1.165) is 28.4 Å². The summed E-state index contributed by atoms with van der Waals surface area (Å²) in [5.74, 6) is 0.827. The molecule has 0 amide bonds. The Hall–Kier alpha value is -3.32. The van der Waals surface area contributed by atoms with Crippen molar-refractivity contribution in [3.05, 3.63) is 77.4 Å². The molecule has 0 N–H and O–H groups in total. The Morgan fingerprint density at radius 2 is 1.92 bits per heavy atom. The van der Waals surface area contributed by atoms with Crippen molar-refractivity contribution in [1.82, 2.24) is 9.55 Å². The van der Waals surface area contributed by atoms with Gasteiger partial charge in [0.15, 0.2) is 0 Å². The summed E-state index contributed by atoms with van der Waals surface area (Å²) < 4.78 is 7.39. The Balaban J connectivity index is 2.05. The van der Waals surface area contributed by atoms with Crippen molar-refractivity contribution >= 4 is 11.6 Å². The normalized spacial score (nSPS) is 11.2. The minimum absolute atomic E-state index is 0.551. The van der Waals surface area contributed by atoms with Crippen LogP contribution in [0.1, 0.15) is 22.6 Å². The van der Waals surface area contributed by atoms with E-state index in [1.54, 1.807) is 13.3 Å². The van der Waals surface area contributed by atoms with Crippen LogP contribution in [0, 0.1) is 25.2 Å². The average Bonchev–Trinajstić information content (AvgIpc) is 2.94. The maximum absolute atomic E-state index is 9.50. The van der Waals surface area contributed by atoms with E-state index >= 15 is 0 Å². The van der Waals surface area contributed by atoms with Gasteiger partial charge in [-0.1, -0.05) is 6.07 Å². The third kappa shape index (κ3) is 3.31. The minimum Gasteiger partial charge on any atom is -0.497 e. The number of ether oxygens (including phenoxy) is 1. The number of pyridine rings is 1. The second kappa shape index (κ2) is 7.06. The lowest BCUT2D eigenvalue weighted by Gasteiger charge is -2.10. The fourth-order valence-electron chi connectivity index (χ4n) is 2.90. The first kappa shape index (κ1) is 16.5. The molecule has 0 bridgehead atoms. The molecule has 3 rings (SSSR count). The van der Waals surface area contributed by atoms with Gasteiger partial charge in [0, 0.05) is 23.3 Å². The van der Waals surface area contributed by atoms with E-state index in [9.17, 15) is 5.26 Å². The summed E-state index contributed by atoms with van der Waals surface area (Å²) in [5.41, 5.74) is 5.48. The number of rotatable bonds is 4. The Bertz CT molecular complexity index is 945. The van der Waals surface area contributed by atoms with Crippen molar-refractivity contribution in [3.8, 4) is 17.5 Å². The van der Waals surface area contributed by atoms with Gasteiger partial charge in [-0.05, 0) is 68.0 Å². The fourth-order valence-corrected chi connectivity index (χ4v) is 2.90. The van der Waals surface area contributed by atoms with E-state index < -0.39 is 0 Å². The summed E-state index contributed by atoms with van der Waals surface area (Å²) in [6.07, 6.45) is 3.59. The maximum atomic E-state index is 9.50. The maximum Gasteiger partial charge on any atom is 0.119 e. The first-order valence-corrected chi connectivity index (χ1v) is 8.00. The quantitative estimate of drug-likeness (QED) is 0.659. The molecule has 0 atom stereocenters. The summed E-state index contributed by atoms with van der Waals surface area (Å²) in [4.78, 5) is 4.27. The number of nitrogens with zero attached hydrogens (tertiary/aromatic N) is 3. The van der Waals surface area contributed by atoms with Crippen molar-refractivity contribution < 1.29 is 4.74 Å². The van der Waals surface area contributed by atoms with Crippen LogP contribution in [-0.4, -0.2) is 16.7 Å². The van der Waals surface area contributed by atoms with Gasteiger partial charge in [-0.15, -0.1) is 0 Å². The molecule has 0 saturated carbocycles. The number of methoxy groups -OCH3 is 1. The average molecular weight is 329 g/mol. The molecule has 4 nitrogen and oxygen atoms in total. The third-order valence-electron chi connectivity index (χ3n) is 4.16. The predicted molar refractivity (Wildman–Crippen MR) is 99.5 cm³/mol. The molecule has 2 aromatic heterocycles. The summed E-state index contributed by atoms with van der Waals surface area (Å²) in [6, 6.07) is 17.8. The Morgan fingerprint density at radius 3 is 2.52 bits per heavy atom. The van der Waals surface area contributed by atoms with Gasteiger partial charge in [-0.2, -0.15) is 5.26 Å². The lowest BCUT2D eigenvalue weighted by atomic mass is 10.1. The largest absolute Gasteiger partial charge is 0.497 e. The van der Waals surface area contributed by atoms with Crippen molar-refractivity contribution in [2.75, 3.05) is 7.11 Å². The van der Waals surface area contributed by atoms with E-state index in [2.05, 4.69) is 35.5 Å². The van der Waals surface area contributed by atoms with E-state index in [-0.39, 0.29) is 0 Å². The zero-order valence-electron chi connectivity index (χ0n) is 14.5. The molecule has 0 unspecified atom stereocenters. The number of aryl methyl sites for hydroxylation is 1. The number of allylic oxidation sites excluding steroid dienone is 1. The molecular formula is C21H19N3O. The highest BCUT2D eigenvalue weighted by molar-refractivity contribution is 5.88. The SMILES string of the molecule is COc1ccc(-n2c(C)cc(C=C(C#N)c3ccccn3)c2C)cc1. The fraction of sp³-hybridized carbons (Fsp3) is 0.143. The molecule has 0 saturated heterocycles. The predicted octanol–water partition coefficient (Wildman–Crippen LogP) is 4.56. The van der Waals surface area contributed by atoms with Crippen LogP contribution in [0.25, 0.3) is 17.3 Å². The molecule has 0 radical (unpaired) electrons. The van der Waals surface area contributed by atoms with Gasteiger partial charge in [0.2, 0.25) is 0 Å². The first-order valence-electron chi connectivity index (χ1n) is 8.00. The van der Waals surface area contributed by atoms with Crippen LogP contribution < -0.4 is 4.74 Å². The summed E-state index contributed by atoms with van der Waals surface area (Å²) >= 11 is 0. The van der Waals surface area contributed by atoms with E-state index in [4.69, 9.17) is 4.74 Å². The molecule has 0 aliphatic heterocycles. The lowest BCUT2D eigenvalue weighted by Crippen LogP contribution is -1.99. The van der Waals surface area contributed by atoms with Gasteiger partial charge in [-0.3, -0.25) is 4.98 Å². The van der Waals surface area contributed by atoms with Gasteiger partial charge < -0.3 is 9.30 Å². The minimum atomic E-state index is 0.551. The van der Waals surface area contributed by atoms with Crippen LogP contribution in [0.2, 0.25) is 0 Å². The number of hydrogen-bond donors (Lipinski definition) is 0. The highest BCUT2D eigenvalue weighted by Crippen LogP contribution is 2.25. The third-order valence-corrected chi connectivity index (χ3v) is 4.16. The highest BCUT2D eigenvalue weighted by Gasteiger charge is 2.11. The van der Waals surface area contributed by atoms with Gasteiger partial charge >= 0.3 is 0 Å². The van der Waals surface area contributed by atoms with Crippen molar-refractivity contribution in [1.29, 1.82) is 5.26 Å². The van der Waals surface area contributed by atoms with Crippen LogP contribution in [0.3, 0.4) is 0 Å². The molecule has 0 spiro atoms. The molecule has 0 fully saturated rings. The molecule has 4 heteroatoms. The van der Waals surface area contributed by atoms with Gasteiger partial charge in [0.1, 0.15) is 11.8 Å². The molecule has 124 valence electrons. The molecular weight excluding hydrogens is 310 g/mol. The summed E-state index contributed by atoms with van der Waals surface area (Å²) in [5, 5.41) is 9.50. The lowest BCUT2D eigenvalue weighted by molar-refractivity contribution is 0.414. The number of hydrogen-bond acceptors (Lipinski definition) is 3. The second-order valence-corrected chi connectivity index (χ2v) is 5.74. The molecule has 0 aliphatic rings. The topological polar surface area (TPSA) is 50.8 Å². The van der Waals surface area contributed by atoms with Gasteiger partial charge in [-0.25, -0.2) is 0 Å². The molecule has 25 heavy (non-hydrogen) atoms. The highest BCUT2D eigenvalue weighted by atomic mass is 16.5. The van der Waals surface area contributed by atoms with Crippen LogP contribution in [-0.2, 0) is 0 Å². The molecule has 2 heterocycles. The van der Waals surface area contributed by atoms with E-state index in [0.29, 0.717) is 11.3 Å². The van der Waals surface area contributed by atoms with Gasteiger partial charge in [0.05, 0.1) is 18.4 Å².